The highest BCUT2D eigenvalue weighted by Gasteiger charge is 2.16. The predicted molar refractivity (Wildman–Crippen MR) is 96.8 cm³/mol. The summed E-state index contributed by atoms with van der Waals surface area (Å²) in [6.07, 6.45) is 0. The lowest BCUT2D eigenvalue weighted by Crippen LogP contribution is -2.23. The summed E-state index contributed by atoms with van der Waals surface area (Å²) in [5.41, 5.74) is 1.19. The van der Waals surface area contributed by atoms with Gasteiger partial charge in [0, 0.05) is 6.54 Å². The Labute approximate surface area is 152 Å². The van der Waals surface area contributed by atoms with E-state index in [-0.39, 0.29) is 12.5 Å². The van der Waals surface area contributed by atoms with Crippen molar-refractivity contribution >= 4 is 5.91 Å². The van der Waals surface area contributed by atoms with Crippen LogP contribution in [0.2, 0.25) is 0 Å². The van der Waals surface area contributed by atoms with Crippen molar-refractivity contribution in [1.29, 1.82) is 0 Å². The fourth-order valence-corrected chi connectivity index (χ4v) is 2.51. The normalized spacial score (nSPS) is 10.0. The van der Waals surface area contributed by atoms with Crippen molar-refractivity contribution in [3.05, 3.63) is 41.5 Å². The lowest BCUT2D eigenvalue weighted by molar-refractivity contribution is 0.0947. The molecule has 2 aromatic rings. The van der Waals surface area contributed by atoms with Gasteiger partial charge in [-0.05, 0) is 35.9 Å². The number of hydrogen-bond acceptors (Lipinski definition) is 6. The summed E-state index contributed by atoms with van der Waals surface area (Å²) in [6, 6.07) is 8.61. The second kappa shape index (κ2) is 8.84. The molecule has 2 rings (SSSR count). The van der Waals surface area contributed by atoms with Crippen LogP contribution < -0.4 is 29.0 Å². The maximum atomic E-state index is 12.6. The zero-order valence-electron chi connectivity index (χ0n) is 15.5. The van der Waals surface area contributed by atoms with E-state index in [0.717, 1.165) is 5.56 Å². The lowest BCUT2D eigenvalue weighted by atomic mass is 10.1. The van der Waals surface area contributed by atoms with E-state index >= 15 is 0 Å². The maximum Gasteiger partial charge on any atom is 0.255 e. The Balaban J connectivity index is 2.22. The van der Waals surface area contributed by atoms with Gasteiger partial charge < -0.3 is 29.0 Å². The molecule has 0 aromatic heterocycles. The van der Waals surface area contributed by atoms with Crippen LogP contribution in [0.15, 0.2) is 30.3 Å². The van der Waals surface area contributed by atoms with E-state index < -0.39 is 0 Å². The van der Waals surface area contributed by atoms with Crippen LogP contribution >= 0.6 is 0 Å². The first-order valence-electron chi connectivity index (χ1n) is 7.87. The van der Waals surface area contributed by atoms with E-state index in [2.05, 4.69) is 5.32 Å². The largest absolute Gasteiger partial charge is 0.497 e. The molecule has 0 saturated carbocycles. The molecule has 7 heteroatoms. The number of carbonyl (C=O) groups is 1. The molecule has 0 fully saturated rings. The van der Waals surface area contributed by atoms with Crippen LogP contribution in [0.4, 0.5) is 0 Å². The molecule has 0 aliphatic carbocycles. The fraction of sp³-hybridized carbons (Fsp3) is 0.316. The highest BCUT2D eigenvalue weighted by molar-refractivity contribution is 5.97. The third kappa shape index (κ3) is 4.11. The van der Waals surface area contributed by atoms with Crippen LogP contribution in [0.25, 0.3) is 0 Å². The summed E-state index contributed by atoms with van der Waals surface area (Å²) >= 11 is 0. The number of rotatable bonds is 8. The minimum absolute atomic E-state index is 0.274. The van der Waals surface area contributed by atoms with Crippen molar-refractivity contribution in [3.8, 4) is 28.7 Å². The van der Waals surface area contributed by atoms with Crippen LogP contribution in [-0.2, 0) is 6.54 Å². The second-order valence-corrected chi connectivity index (χ2v) is 5.28. The second-order valence-electron chi connectivity index (χ2n) is 5.28. The summed E-state index contributed by atoms with van der Waals surface area (Å²) < 4.78 is 26.4. The van der Waals surface area contributed by atoms with Gasteiger partial charge in [0.2, 0.25) is 5.75 Å². The number of benzene rings is 2. The minimum atomic E-state index is -0.283. The first-order valence-corrected chi connectivity index (χ1v) is 7.87. The Hall–Kier alpha value is -3.09. The lowest BCUT2D eigenvalue weighted by Gasteiger charge is -2.15. The number of nitrogens with one attached hydrogen (secondary N) is 1. The van der Waals surface area contributed by atoms with Gasteiger partial charge in [-0.1, -0.05) is 0 Å². The van der Waals surface area contributed by atoms with E-state index in [1.807, 2.05) is 0 Å². The Morgan fingerprint density at radius 2 is 1.42 bits per heavy atom. The first kappa shape index (κ1) is 19.2. The first-order chi connectivity index (χ1) is 12.6. The molecule has 26 heavy (non-hydrogen) atoms. The average molecular weight is 361 g/mol. The summed E-state index contributed by atoms with van der Waals surface area (Å²) in [4.78, 5) is 12.6. The summed E-state index contributed by atoms with van der Waals surface area (Å²) in [5.74, 6) is 2.30. The van der Waals surface area contributed by atoms with Gasteiger partial charge in [0.15, 0.2) is 11.5 Å². The molecule has 0 heterocycles. The van der Waals surface area contributed by atoms with Crippen LogP contribution in [0, 0.1) is 0 Å². The third-order valence-electron chi connectivity index (χ3n) is 3.83. The molecule has 0 saturated heterocycles. The molecular weight excluding hydrogens is 338 g/mol. The Morgan fingerprint density at radius 3 is 1.92 bits per heavy atom. The monoisotopic (exact) mass is 361 g/mol. The summed E-state index contributed by atoms with van der Waals surface area (Å²) in [6.45, 7) is 0.274. The smallest absolute Gasteiger partial charge is 0.255 e. The molecule has 140 valence electrons. The summed E-state index contributed by atoms with van der Waals surface area (Å²) in [7, 11) is 7.68. The molecule has 0 aliphatic heterocycles. The van der Waals surface area contributed by atoms with Gasteiger partial charge in [-0.2, -0.15) is 0 Å². The fourth-order valence-electron chi connectivity index (χ4n) is 2.51. The number of methoxy groups -OCH3 is 5. The molecule has 0 bridgehead atoms. The number of carbonyl (C=O) groups excluding carboxylic acids is 1. The van der Waals surface area contributed by atoms with Crippen molar-refractivity contribution in [2.45, 2.75) is 6.54 Å². The van der Waals surface area contributed by atoms with Gasteiger partial charge >= 0.3 is 0 Å². The van der Waals surface area contributed by atoms with Crippen molar-refractivity contribution in [1.82, 2.24) is 5.32 Å². The summed E-state index contributed by atoms with van der Waals surface area (Å²) in [5, 5.41) is 2.85. The van der Waals surface area contributed by atoms with Gasteiger partial charge in [-0.3, -0.25) is 4.79 Å². The predicted octanol–water partition coefficient (Wildman–Crippen LogP) is 2.66. The highest BCUT2D eigenvalue weighted by atomic mass is 16.5. The van der Waals surface area contributed by atoms with Crippen molar-refractivity contribution in [2.24, 2.45) is 0 Å². The molecule has 2 aromatic carbocycles. The number of ether oxygens (including phenoxy) is 5. The van der Waals surface area contributed by atoms with Crippen molar-refractivity contribution < 1.29 is 28.5 Å². The third-order valence-corrected chi connectivity index (χ3v) is 3.83. The molecule has 0 spiro atoms. The molecule has 1 N–H and O–H groups in total. The van der Waals surface area contributed by atoms with Crippen molar-refractivity contribution in [2.75, 3.05) is 35.5 Å². The van der Waals surface area contributed by atoms with Crippen LogP contribution in [0.1, 0.15) is 15.9 Å². The topological polar surface area (TPSA) is 75.3 Å². The SMILES string of the molecule is COc1ccc(OC)c(C(=O)NCc2cc(OC)c(OC)c(OC)c2)c1. The van der Waals surface area contributed by atoms with Gasteiger partial charge in [0.1, 0.15) is 11.5 Å². The van der Waals surface area contributed by atoms with E-state index in [1.54, 1.807) is 51.7 Å². The Bertz CT molecular complexity index is 750. The van der Waals surface area contributed by atoms with E-state index in [4.69, 9.17) is 23.7 Å². The molecule has 7 nitrogen and oxygen atoms in total. The average Bonchev–Trinajstić information content (AvgIpc) is 2.70. The maximum absolute atomic E-state index is 12.6. The number of amides is 1. The van der Waals surface area contributed by atoms with Gasteiger partial charge in [0.05, 0.1) is 41.1 Å². The zero-order chi connectivity index (χ0) is 19.1. The minimum Gasteiger partial charge on any atom is -0.497 e. The van der Waals surface area contributed by atoms with E-state index in [1.165, 1.54) is 14.2 Å². The standard InChI is InChI=1S/C19H23NO6/c1-22-13-6-7-15(23-2)14(10-13)19(21)20-11-12-8-16(24-3)18(26-5)17(9-12)25-4/h6-10H,11H2,1-5H3,(H,20,21). The molecule has 0 radical (unpaired) electrons. The van der Waals surface area contributed by atoms with E-state index in [0.29, 0.717) is 34.3 Å². The number of hydrogen-bond donors (Lipinski definition) is 1. The van der Waals surface area contributed by atoms with E-state index in [9.17, 15) is 4.79 Å². The van der Waals surface area contributed by atoms with Gasteiger partial charge in [-0.15, -0.1) is 0 Å². The Kier molecular flexibility index (Phi) is 6.54. The van der Waals surface area contributed by atoms with Crippen LogP contribution in [-0.4, -0.2) is 41.5 Å². The van der Waals surface area contributed by atoms with Gasteiger partial charge in [0.25, 0.3) is 5.91 Å². The Morgan fingerprint density at radius 1 is 0.808 bits per heavy atom. The van der Waals surface area contributed by atoms with Gasteiger partial charge in [-0.25, -0.2) is 0 Å². The molecule has 0 aliphatic rings. The quantitative estimate of drug-likeness (QED) is 0.779. The molecular formula is C19H23NO6. The molecule has 0 unspecified atom stereocenters. The zero-order valence-corrected chi connectivity index (χ0v) is 15.5. The van der Waals surface area contributed by atoms with Crippen LogP contribution in [0.5, 0.6) is 28.7 Å². The molecule has 0 atom stereocenters. The van der Waals surface area contributed by atoms with Crippen molar-refractivity contribution in [3.63, 3.8) is 0 Å². The molecule has 1 amide bonds. The highest BCUT2D eigenvalue weighted by Crippen LogP contribution is 2.38. The van der Waals surface area contributed by atoms with Crippen LogP contribution in [0.3, 0.4) is 0 Å².